The minimum absolute atomic E-state index is 0.136. The van der Waals surface area contributed by atoms with E-state index in [4.69, 9.17) is 4.74 Å². The van der Waals surface area contributed by atoms with Gasteiger partial charge < -0.3 is 9.64 Å². The van der Waals surface area contributed by atoms with Crippen molar-refractivity contribution in [3.05, 3.63) is 12.3 Å². The van der Waals surface area contributed by atoms with Crippen LogP contribution in [0.25, 0.3) is 0 Å². The fourth-order valence-electron chi connectivity index (χ4n) is 2.62. The number of halogens is 1. The van der Waals surface area contributed by atoms with Crippen LogP contribution in [-0.4, -0.2) is 29.2 Å². The minimum Gasteiger partial charge on any atom is -0.485 e. The van der Waals surface area contributed by atoms with Gasteiger partial charge in [0.2, 0.25) is 0 Å². The lowest BCUT2D eigenvalue weighted by Gasteiger charge is -2.32. The quantitative estimate of drug-likeness (QED) is 0.684. The van der Waals surface area contributed by atoms with Crippen molar-refractivity contribution in [2.45, 2.75) is 59.0 Å². The number of aromatic nitrogens is 2. The van der Waals surface area contributed by atoms with Crippen LogP contribution < -0.4 is 9.64 Å². The van der Waals surface area contributed by atoms with Gasteiger partial charge >= 0.3 is 6.08 Å². The van der Waals surface area contributed by atoms with Gasteiger partial charge in [-0.15, -0.1) is 0 Å². The molecule has 1 aliphatic rings. The van der Waals surface area contributed by atoms with Crippen LogP contribution >= 0.6 is 0 Å². The summed E-state index contributed by atoms with van der Waals surface area (Å²) in [6.45, 7) is 7.92. The van der Waals surface area contributed by atoms with Crippen molar-refractivity contribution < 1.29 is 9.13 Å². The third-order valence-corrected chi connectivity index (χ3v) is 4.30. The second-order valence-corrected chi connectivity index (χ2v) is 5.77. The maximum Gasteiger partial charge on any atom is 0.310 e. The zero-order chi connectivity index (χ0) is 15.2. The zero-order valence-corrected chi connectivity index (χ0v) is 13.3. The molecule has 1 aromatic heterocycles. The molecule has 0 aromatic carbocycles. The molecule has 1 saturated carbocycles. The second-order valence-electron chi connectivity index (χ2n) is 5.77. The summed E-state index contributed by atoms with van der Waals surface area (Å²) in [6.07, 6.45) is 6.78. The largest absolute Gasteiger partial charge is 0.485 e. The Morgan fingerprint density at radius 3 is 2.76 bits per heavy atom. The molecule has 0 saturated heterocycles. The van der Waals surface area contributed by atoms with Crippen molar-refractivity contribution in [1.82, 2.24) is 9.97 Å². The number of unbranched alkanes of at least 4 members (excludes halogenated alkanes) is 1. The zero-order valence-electron chi connectivity index (χ0n) is 13.3. The predicted molar refractivity (Wildman–Crippen MR) is 82.2 cm³/mol. The van der Waals surface area contributed by atoms with Crippen molar-refractivity contribution in [3.8, 4) is 5.75 Å². The van der Waals surface area contributed by atoms with Gasteiger partial charge in [0.25, 0.3) is 0 Å². The van der Waals surface area contributed by atoms with Crippen LogP contribution in [0.1, 0.15) is 52.9 Å². The molecule has 1 fully saturated rings. The van der Waals surface area contributed by atoms with Crippen molar-refractivity contribution >= 4 is 5.82 Å². The minimum atomic E-state index is -0.691. The number of nitrogens with zero attached hydrogens (tertiary/aromatic N) is 3. The molecule has 118 valence electrons. The molecule has 1 aliphatic carbocycles. The first-order valence-corrected chi connectivity index (χ1v) is 8.09. The van der Waals surface area contributed by atoms with Crippen LogP contribution in [0.5, 0.6) is 5.75 Å². The Morgan fingerprint density at radius 1 is 1.43 bits per heavy atom. The highest BCUT2D eigenvalue weighted by Crippen LogP contribution is 2.34. The molecule has 21 heavy (non-hydrogen) atoms. The van der Waals surface area contributed by atoms with E-state index in [2.05, 4.69) is 35.6 Å². The number of ether oxygens (including phenoxy) is 1. The third kappa shape index (κ3) is 4.05. The van der Waals surface area contributed by atoms with Crippen LogP contribution in [0, 0.1) is 12.0 Å². The van der Waals surface area contributed by atoms with E-state index in [-0.39, 0.29) is 6.10 Å². The fraction of sp³-hybridized carbons (Fsp3) is 0.750. The van der Waals surface area contributed by atoms with Gasteiger partial charge in [0, 0.05) is 13.1 Å². The Morgan fingerprint density at radius 2 is 2.19 bits per heavy atom. The molecule has 1 heterocycles. The first kappa shape index (κ1) is 16.0. The van der Waals surface area contributed by atoms with Crippen LogP contribution in [0.2, 0.25) is 0 Å². The highest BCUT2D eigenvalue weighted by Gasteiger charge is 2.27. The summed E-state index contributed by atoms with van der Waals surface area (Å²) in [6, 6.07) is 0. The molecule has 1 unspecified atom stereocenters. The van der Waals surface area contributed by atoms with Crippen LogP contribution in [0.3, 0.4) is 0 Å². The van der Waals surface area contributed by atoms with Crippen molar-refractivity contribution in [3.63, 3.8) is 0 Å². The van der Waals surface area contributed by atoms with Gasteiger partial charge in [-0.05, 0) is 39.0 Å². The highest BCUT2D eigenvalue weighted by atomic mass is 19.1. The maximum atomic E-state index is 13.4. The standard InChI is InChI=1S/C16H26FN3O/c1-4-6-10-20(5-2)15-14(11-18-16(17)19-15)21-12(3)13-8-7-9-13/h11-13H,4-10H2,1-3H3. The molecule has 0 radical (unpaired) electrons. The third-order valence-electron chi connectivity index (χ3n) is 4.30. The molecular formula is C16H26FN3O. The lowest BCUT2D eigenvalue weighted by atomic mass is 9.82. The van der Waals surface area contributed by atoms with E-state index in [0.29, 0.717) is 17.5 Å². The van der Waals surface area contributed by atoms with E-state index in [1.165, 1.54) is 25.5 Å². The summed E-state index contributed by atoms with van der Waals surface area (Å²) in [5.41, 5.74) is 0. The molecule has 0 amide bonds. The molecule has 0 aliphatic heterocycles. The summed E-state index contributed by atoms with van der Waals surface area (Å²) in [5, 5.41) is 0. The van der Waals surface area contributed by atoms with E-state index in [9.17, 15) is 4.39 Å². The Bertz CT molecular complexity index is 451. The molecule has 4 nitrogen and oxygen atoms in total. The lowest BCUT2D eigenvalue weighted by Crippen LogP contribution is -2.31. The molecule has 0 spiro atoms. The van der Waals surface area contributed by atoms with Gasteiger partial charge in [0.1, 0.15) is 0 Å². The topological polar surface area (TPSA) is 38.2 Å². The summed E-state index contributed by atoms with van der Waals surface area (Å²) >= 11 is 0. The van der Waals surface area contributed by atoms with Gasteiger partial charge in [-0.3, -0.25) is 0 Å². The summed E-state index contributed by atoms with van der Waals surface area (Å²) in [4.78, 5) is 9.71. The van der Waals surface area contributed by atoms with Crippen molar-refractivity contribution in [2.24, 2.45) is 5.92 Å². The number of hydrogen-bond donors (Lipinski definition) is 0. The summed E-state index contributed by atoms with van der Waals surface area (Å²) < 4.78 is 19.5. The monoisotopic (exact) mass is 295 g/mol. The van der Waals surface area contributed by atoms with Gasteiger partial charge in [0.05, 0.1) is 12.3 Å². The van der Waals surface area contributed by atoms with E-state index in [0.717, 1.165) is 25.9 Å². The fourth-order valence-corrected chi connectivity index (χ4v) is 2.62. The van der Waals surface area contributed by atoms with E-state index >= 15 is 0 Å². The van der Waals surface area contributed by atoms with E-state index in [1.807, 2.05) is 0 Å². The Hall–Kier alpha value is -1.39. The first-order valence-electron chi connectivity index (χ1n) is 8.09. The number of anilines is 1. The summed E-state index contributed by atoms with van der Waals surface area (Å²) in [7, 11) is 0. The molecule has 0 N–H and O–H groups in total. The van der Waals surface area contributed by atoms with Crippen LogP contribution in [0.4, 0.5) is 10.2 Å². The lowest BCUT2D eigenvalue weighted by molar-refractivity contribution is 0.0982. The highest BCUT2D eigenvalue weighted by molar-refractivity contribution is 5.50. The summed E-state index contributed by atoms with van der Waals surface area (Å²) in [5.74, 6) is 1.80. The Balaban J connectivity index is 2.14. The van der Waals surface area contributed by atoms with Gasteiger partial charge in [0.15, 0.2) is 11.6 Å². The normalized spacial score (nSPS) is 16.4. The van der Waals surface area contributed by atoms with Crippen LogP contribution in [-0.2, 0) is 0 Å². The SMILES string of the molecule is CCCCN(CC)c1nc(F)ncc1OC(C)C1CCC1. The van der Waals surface area contributed by atoms with Gasteiger partial charge in [-0.2, -0.15) is 9.37 Å². The molecule has 1 aromatic rings. The van der Waals surface area contributed by atoms with Crippen molar-refractivity contribution in [1.29, 1.82) is 0 Å². The van der Waals surface area contributed by atoms with Crippen molar-refractivity contribution in [2.75, 3.05) is 18.0 Å². The van der Waals surface area contributed by atoms with Crippen LogP contribution in [0.15, 0.2) is 6.20 Å². The molecule has 2 rings (SSSR count). The number of rotatable bonds is 8. The van der Waals surface area contributed by atoms with Gasteiger partial charge in [-0.25, -0.2) is 4.98 Å². The predicted octanol–water partition coefficient (Wildman–Crippen LogP) is 3.81. The molecule has 5 heteroatoms. The second kappa shape index (κ2) is 7.57. The average Bonchev–Trinajstić information content (AvgIpc) is 2.40. The molecule has 1 atom stereocenters. The Kier molecular flexibility index (Phi) is 5.76. The van der Waals surface area contributed by atoms with E-state index in [1.54, 1.807) is 0 Å². The smallest absolute Gasteiger partial charge is 0.310 e. The van der Waals surface area contributed by atoms with E-state index < -0.39 is 6.08 Å². The molecular weight excluding hydrogens is 269 g/mol. The average molecular weight is 295 g/mol. The Labute approximate surface area is 126 Å². The first-order chi connectivity index (χ1) is 10.2. The number of hydrogen-bond acceptors (Lipinski definition) is 4. The molecule has 0 bridgehead atoms. The maximum absolute atomic E-state index is 13.4. The van der Waals surface area contributed by atoms with Gasteiger partial charge in [-0.1, -0.05) is 19.8 Å².